The van der Waals surface area contributed by atoms with E-state index < -0.39 is 17.2 Å². The van der Waals surface area contributed by atoms with Crippen molar-refractivity contribution in [2.24, 2.45) is 0 Å². The summed E-state index contributed by atoms with van der Waals surface area (Å²) in [6.45, 7) is 0. The summed E-state index contributed by atoms with van der Waals surface area (Å²) < 4.78 is 10.4. The normalized spacial score (nSPS) is 10.8. The van der Waals surface area contributed by atoms with Crippen LogP contribution in [0, 0.1) is 0 Å². The molecular weight excluding hydrogens is 262 g/mol. The van der Waals surface area contributed by atoms with Crippen LogP contribution in [0.25, 0.3) is 21.9 Å². The van der Waals surface area contributed by atoms with Crippen LogP contribution in [0.5, 0.6) is 5.75 Å². The molecule has 0 atom stereocenters. The number of rotatable bonds is 2. The van der Waals surface area contributed by atoms with E-state index in [9.17, 15) is 9.59 Å². The summed E-state index contributed by atoms with van der Waals surface area (Å²) in [7, 11) is 1.51. The second-order valence-corrected chi connectivity index (χ2v) is 4.16. The summed E-state index contributed by atoms with van der Waals surface area (Å²) >= 11 is 0. The molecule has 1 aromatic carbocycles. The summed E-state index contributed by atoms with van der Waals surface area (Å²) in [5.41, 5.74) is 0.337. The van der Waals surface area contributed by atoms with E-state index in [0.29, 0.717) is 16.7 Å². The van der Waals surface area contributed by atoms with E-state index in [-0.39, 0.29) is 11.0 Å². The average Bonchev–Trinajstić information content (AvgIpc) is 2.46. The second kappa shape index (κ2) is 4.34. The molecule has 3 aromatic rings. The molecule has 0 aliphatic rings. The number of carboxylic acid groups (broad SMARTS) is 1. The molecule has 1 N–H and O–H groups in total. The largest absolute Gasteiger partial charge is 0.497 e. The molecule has 6 nitrogen and oxygen atoms in total. The number of hydrogen-bond donors (Lipinski definition) is 1. The van der Waals surface area contributed by atoms with Crippen molar-refractivity contribution < 1.29 is 19.1 Å². The van der Waals surface area contributed by atoms with Crippen molar-refractivity contribution in [2.45, 2.75) is 0 Å². The Morgan fingerprint density at radius 3 is 2.80 bits per heavy atom. The number of nitrogens with zero attached hydrogens (tertiary/aromatic N) is 1. The van der Waals surface area contributed by atoms with Crippen LogP contribution in [-0.4, -0.2) is 23.2 Å². The maximum Gasteiger partial charge on any atom is 0.371 e. The van der Waals surface area contributed by atoms with Gasteiger partial charge in [-0.2, -0.15) is 0 Å². The highest BCUT2D eigenvalue weighted by Gasteiger charge is 2.13. The zero-order valence-corrected chi connectivity index (χ0v) is 10.4. The van der Waals surface area contributed by atoms with Gasteiger partial charge in [0.25, 0.3) is 0 Å². The number of carboxylic acids is 1. The molecule has 0 aliphatic carbocycles. The maximum absolute atomic E-state index is 11.9. The van der Waals surface area contributed by atoms with E-state index in [4.69, 9.17) is 14.3 Å². The molecule has 2 aromatic heterocycles. The van der Waals surface area contributed by atoms with Crippen molar-refractivity contribution in [3.05, 3.63) is 46.4 Å². The van der Waals surface area contributed by atoms with Crippen molar-refractivity contribution in [2.75, 3.05) is 7.11 Å². The zero-order valence-electron chi connectivity index (χ0n) is 10.4. The highest BCUT2D eigenvalue weighted by molar-refractivity contribution is 6.02. The minimum atomic E-state index is -1.29. The van der Waals surface area contributed by atoms with Crippen LogP contribution in [0.2, 0.25) is 0 Å². The van der Waals surface area contributed by atoms with E-state index in [1.807, 2.05) is 0 Å². The van der Waals surface area contributed by atoms with Gasteiger partial charge < -0.3 is 14.3 Å². The Hall–Kier alpha value is -2.89. The molecule has 0 unspecified atom stereocenters. The minimum absolute atomic E-state index is 0.193. The van der Waals surface area contributed by atoms with Gasteiger partial charge in [0, 0.05) is 17.6 Å². The Balaban J connectivity index is 2.50. The first-order valence-corrected chi connectivity index (χ1v) is 5.74. The summed E-state index contributed by atoms with van der Waals surface area (Å²) in [5, 5.41) is 9.73. The van der Waals surface area contributed by atoms with Gasteiger partial charge in [-0.15, -0.1) is 0 Å². The Kier molecular flexibility index (Phi) is 2.64. The van der Waals surface area contributed by atoms with Crippen LogP contribution in [0.3, 0.4) is 0 Å². The Morgan fingerprint density at radius 1 is 1.30 bits per heavy atom. The molecule has 2 heterocycles. The second-order valence-electron chi connectivity index (χ2n) is 4.16. The fraction of sp³-hybridized carbons (Fsp3) is 0.0714. The number of ether oxygens (including phenoxy) is 1. The summed E-state index contributed by atoms with van der Waals surface area (Å²) in [5.74, 6) is -1.13. The standard InChI is InChI=1S/C14H9NO5/c1-19-7-2-3-10-8(4-7)13-9(6-15-10)11(16)5-12(20-13)14(17)18/h2-6H,1H3,(H,17,18). The van der Waals surface area contributed by atoms with Gasteiger partial charge in [0.1, 0.15) is 11.3 Å². The van der Waals surface area contributed by atoms with Crippen LogP contribution in [0.1, 0.15) is 10.6 Å². The fourth-order valence-electron chi connectivity index (χ4n) is 2.00. The molecule has 0 saturated heterocycles. The first-order valence-electron chi connectivity index (χ1n) is 5.74. The lowest BCUT2D eigenvalue weighted by Gasteiger charge is -2.05. The van der Waals surface area contributed by atoms with Crippen molar-refractivity contribution in [1.82, 2.24) is 4.98 Å². The first kappa shape index (κ1) is 12.2. The topological polar surface area (TPSA) is 89.6 Å². The lowest BCUT2D eigenvalue weighted by atomic mass is 10.1. The van der Waals surface area contributed by atoms with Crippen molar-refractivity contribution in [3.8, 4) is 5.75 Å². The van der Waals surface area contributed by atoms with E-state index in [1.54, 1.807) is 18.2 Å². The predicted molar refractivity (Wildman–Crippen MR) is 71.3 cm³/mol. The number of benzene rings is 1. The van der Waals surface area contributed by atoms with Crippen LogP contribution in [0.4, 0.5) is 0 Å². The van der Waals surface area contributed by atoms with E-state index in [1.165, 1.54) is 13.3 Å². The molecule has 3 rings (SSSR count). The van der Waals surface area contributed by atoms with Gasteiger partial charge in [-0.3, -0.25) is 9.78 Å². The molecule has 0 spiro atoms. The first-order chi connectivity index (χ1) is 9.60. The van der Waals surface area contributed by atoms with Gasteiger partial charge >= 0.3 is 5.97 Å². The van der Waals surface area contributed by atoms with Crippen LogP contribution in [-0.2, 0) is 0 Å². The van der Waals surface area contributed by atoms with Gasteiger partial charge in [0.2, 0.25) is 5.76 Å². The quantitative estimate of drug-likeness (QED) is 0.717. The van der Waals surface area contributed by atoms with Crippen LogP contribution < -0.4 is 10.2 Å². The van der Waals surface area contributed by atoms with E-state index in [0.717, 1.165) is 6.07 Å². The molecule has 0 saturated carbocycles. The lowest BCUT2D eigenvalue weighted by Crippen LogP contribution is -2.07. The Labute approximate surface area is 112 Å². The van der Waals surface area contributed by atoms with Crippen molar-refractivity contribution in [1.29, 1.82) is 0 Å². The molecule has 0 aliphatic heterocycles. The average molecular weight is 271 g/mol. The third-order valence-electron chi connectivity index (χ3n) is 2.98. The Morgan fingerprint density at radius 2 is 2.10 bits per heavy atom. The fourth-order valence-corrected chi connectivity index (χ4v) is 2.00. The third-order valence-corrected chi connectivity index (χ3v) is 2.98. The SMILES string of the molecule is COc1ccc2ncc3c(=O)cc(C(=O)O)oc3c2c1. The van der Waals surface area contributed by atoms with Crippen LogP contribution >= 0.6 is 0 Å². The van der Waals surface area contributed by atoms with Gasteiger partial charge in [-0.25, -0.2) is 4.79 Å². The number of fused-ring (bicyclic) bond motifs is 3. The molecule has 0 amide bonds. The number of carbonyl (C=O) groups is 1. The monoisotopic (exact) mass is 271 g/mol. The molecular formula is C14H9NO5. The highest BCUT2D eigenvalue weighted by atomic mass is 16.5. The number of pyridine rings is 1. The molecule has 0 bridgehead atoms. The summed E-state index contributed by atoms with van der Waals surface area (Å²) in [6.07, 6.45) is 1.38. The maximum atomic E-state index is 11.9. The number of methoxy groups -OCH3 is 1. The van der Waals surface area contributed by atoms with E-state index in [2.05, 4.69) is 4.98 Å². The molecule has 100 valence electrons. The van der Waals surface area contributed by atoms with Gasteiger partial charge in [-0.05, 0) is 18.2 Å². The van der Waals surface area contributed by atoms with Gasteiger partial charge in [0.05, 0.1) is 18.0 Å². The van der Waals surface area contributed by atoms with Crippen molar-refractivity contribution in [3.63, 3.8) is 0 Å². The van der Waals surface area contributed by atoms with Crippen LogP contribution in [0.15, 0.2) is 39.7 Å². The van der Waals surface area contributed by atoms with Gasteiger partial charge in [-0.1, -0.05) is 0 Å². The highest BCUT2D eigenvalue weighted by Crippen LogP contribution is 2.26. The number of aromatic nitrogens is 1. The summed E-state index contributed by atoms with van der Waals surface area (Å²) in [6, 6.07) is 6.03. The smallest absolute Gasteiger partial charge is 0.371 e. The number of hydrogen-bond acceptors (Lipinski definition) is 5. The van der Waals surface area contributed by atoms with Gasteiger partial charge in [0.15, 0.2) is 5.43 Å². The zero-order chi connectivity index (χ0) is 14.3. The summed E-state index contributed by atoms with van der Waals surface area (Å²) in [4.78, 5) is 27.0. The minimum Gasteiger partial charge on any atom is -0.497 e. The molecule has 20 heavy (non-hydrogen) atoms. The number of aromatic carboxylic acids is 1. The lowest BCUT2D eigenvalue weighted by molar-refractivity contribution is 0.0663. The molecule has 6 heteroatoms. The molecule has 0 fully saturated rings. The third kappa shape index (κ3) is 1.78. The van der Waals surface area contributed by atoms with Crippen molar-refractivity contribution >= 4 is 27.8 Å². The van der Waals surface area contributed by atoms with E-state index >= 15 is 0 Å². The Bertz CT molecular complexity index is 897. The molecule has 0 radical (unpaired) electrons. The predicted octanol–water partition coefficient (Wildman–Crippen LogP) is 2.05.